The number of anilines is 1. The van der Waals surface area contributed by atoms with Gasteiger partial charge in [-0.25, -0.2) is 8.42 Å². The fourth-order valence-corrected chi connectivity index (χ4v) is 5.18. The normalized spacial score (nSPS) is 15.2. The second kappa shape index (κ2) is 9.44. The second-order valence-corrected chi connectivity index (χ2v) is 9.28. The van der Waals surface area contributed by atoms with Gasteiger partial charge in [-0.15, -0.1) is 0 Å². The lowest BCUT2D eigenvalue weighted by Gasteiger charge is -2.21. The van der Waals surface area contributed by atoms with Gasteiger partial charge in [0.05, 0.1) is 22.6 Å². The molecule has 9 nitrogen and oxygen atoms in total. The molecule has 0 atom stereocenters. The van der Waals surface area contributed by atoms with E-state index in [4.69, 9.17) is 4.74 Å². The van der Waals surface area contributed by atoms with Crippen molar-refractivity contribution in [2.24, 2.45) is 0 Å². The molecule has 1 saturated heterocycles. The molecule has 10 heteroatoms. The van der Waals surface area contributed by atoms with E-state index < -0.39 is 20.9 Å². The minimum Gasteiger partial charge on any atom is -0.495 e. The number of hydrogen-bond donors (Lipinski definition) is 1. The highest BCUT2D eigenvalue weighted by molar-refractivity contribution is 7.89. The number of nitro benzene ring substituents is 1. The summed E-state index contributed by atoms with van der Waals surface area (Å²) in [7, 11) is -2.31. The van der Waals surface area contributed by atoms with Gasteiger partial charge in [-0.05, 0) is 44.0 Å². The SMILES string of the molecule is COc1ccc(S(=O)(=O)N2CCCCCC2)cc1NC(=O)c1cccc([N+](=O)[O-])c1C. The summed E-state index contributed by atoms with van der Waals surface area (Å²) in [4.78, 5) is 23.5. The average molecular weight is 448 g/mol. The van der Waals surface area contributed by atoms with Crippen molar-refractivity contribution < 1.29 is 22.9 Å². The molecule has 0 bridgehead atoms. The van der Waals surface area contributed by atoms with E-state index in [1.807, 2.05) is 0 Å². The average Bonchev–Trinajstić information content (AvgIpc) is 3.03. The lowest BCUT2D eigenvalue weighted by Crippen LogP contribution is -2.32. The second-order valence-electron chi connectivity index (χ2n) is 7.34. The van der Waals surface area contributed by atoms with Crippen LogP contribution >= 0.6 is 0 Å². The fourth-order valence-electron chi connectivity index (χ4n) is 3.63. The summed E-state index contributed by atoms with van der Waals surface area (Å²) in [5, 5.41) is 13.8. The first kappa shape index (κ1) is 22.7. The number of methoxy groups -OCH3 is 1. The van der Waals surface area contributed by atoms with E-state index in [9.17, 15) is 23.3 Å². The molecule has 0 radical (unpaired) electrons. The molecule has 1 N–H and O–H groups in total. The van der Waals surface area contributed by atoms with E-state index in [2.05, 4.69) is 5.32 Å². The molecule has 1 aliphatic heterocycles. The molecule has 2 aromatic rings. The third-order valence-corrected chi connectivity index (χ3v) is 7.26. The summed E-state index contributed by atoms with van der Waals surface area (Å²) in [6.45, 7) is 2.41. The Hall–Kier alpha value is -2.98. The summed E-state index contributed by atoms with van der Waals surface area (Å²) in [6, 6.07) is 8.53. The number of carbonyl (C=O) groups excluding carboxylic acids is 1. The van der Waals surface area contributed by atoms with Crippen LogP contribution in [-0.4, -0.2) is 43.8 Å². The van der Waals surface area contributed by atoms with Gasteiger partial charge in [0.1, 0.15) is 5.75 Å². The Morgan fingerprint density at radius 3 is 2.42 bits per heavy atom. The summed E-state index contributed by atoms with van der Waals surface area (Å²) in [6.07, 6.45) is 3.62. The van der Waals surface area contributed by atoms with Gasteiger partial charge in [-0.2, -0.15) is 4.31 Å². The number of nitrogens with zero attached hydrogens (tertiary/aromatic N) is 2. The summed E-state index contributed by atoms with van der Waals surface area (Å²) < 4.78 is 33.0. The Balaban J connectivity index is 1.94. The van der Waals surface area contributed by atoms with Crippen LogP contribution in [0.25, 0.3) is 0 Å². The maximum atomic E-state index is 13.1. The molecule has 1 fully saturated rings. The van der Waals surface area contributed by atoms with Crippen molar-refractivity contribution >= 4 is 27.3 Å². The zero-order valence-electron chi connectivity index (χ0n) is 17.5. The Bertz CT molecular complexity index is 1090. The van der Waals surface area contributed by atoms with Gasteiger partial charge in [-0.3, -0.25) is 14.9 Å². The Kier molecular flexibility index (Phi) is 6.91. The van der Waals surface area contributed by atoms with Gasteiger partial charge in [-0.1, -0.05) is 18.9 Å². The Morgan fingerprint density at radius 2 is 1.81 bits per heavy atom. The van der Waals surface area contributed by atoms with E-state index in [0.717, 1.165) is 25.7 Å². The molecule has 0 unspecified atom stereocenters. The summed E-state index contributed by atoms with van der Waals surface area (Å²) in [5.74, 6) is -0.310. The van der Waals surface area contributed by atoms with Gasteiger partial charge in [0.25, 0.3) is 11.6 Å². The molecule has 1 heterocycles. The molecule has 3 rings (SSSR count). The molecular weight excluding hydrogens is 422 g/mol. The van der Waals surface area contributed by atoms with Crippen molar-refractivity contribution in [1.82, 2.24) is 4.31 Å². The van der Waals surface area contributed by atoms with Crippen LogP contribution in [0.15, 0.2) is 41.3 Å². The molecule has 166 valence electrons. The van der Waals surface area contributed by atoms with Crippen LogP contribution in [-0.2, 0) is 10.0 Å². The lowest BCUT2D eigenvalue weighted by molar-refractivity contribution is -0.385. The predicted molar refractivity (Wildman–Crippen MR) is 116 cm³/mol. The number of amides is 1. The maximum absolute atomic E-state index is 13.1. The van der Waals surface area contributed by atoms with Crippen LogP contribution in [0, 0.1) is 17.0 Å². The molecule has 0 aliphatic carbocycles. The highest BCUT2D eigenvalue weighted by atomic mass is 32.2. The minimum atomic E-state index is -3.72. The lowest BCUT2D eigenvalue weighted by atomic mass is 10.1. The Morgan fingerprint density at radius 1 is 1.13 bits per heavy atom. The quantitative estimate of drug-likeness (QED) is 0.532. The van der Waals surface area contributed by atoms with Crippen molar-refractivity contribution in [3.63, 3.8) is 0 Å². The van der Waals surface area contributed by atoms with Crippen molar-refractivity contribution in [1.29, 1.82) is 0 Å². The summed E-state index contributed by atoms with van der Waals surface area (Å²) >= 11 is 0. The highest BCUT2D eigenvalue weighted by Crippen LogP contribution is 2.31. The monoisotopic (exact) mass is 447 g/mol. The Labute approximate surface area is 181 Å². The van der Waals surface area contributed by atoms with E-state index in [1.165, 1.54) is 54.7 Å². The van der Waals surface area contributed by atoms with E-state index in [0.29, 0.717) is 13.1 Å². The van der Waals surface area contributed by atoms with Gasteiger partial charge in [0.15, 0.2) is 0 Å². The first-order chi connectivity index (χ1) is 14.8. The number of benzene rings is 2. The van der Waals surface area contributed by atoms with Crippen LogP contribution < -0.4 is 10.1 Å². The molecular formula is C21H25N3O6S. The van der Waals surface area contributed by atoms with Crippen LogP contribution in [0.3, 0.4) is 0 Å². The number of sulfonamides is 1. The summed E-state index contributed by atoms with van der Waals surface area (Å²) in [5.41, 5.74) is 0.348. The molecule has 1 aliphatic rings. The van der Waals surface area contributed by atoms with Gasteiger partial charge < -0.3 is 10.1 Å². The standard InChI is InChI=1S/C21H25N3O6S/c1-15-17(8-7-9-19(15)24(26)27)21(25)22-18-14-16(10-11-20(18)30-2)31(28,29)23-12-5-3-4-6-13-23/h7-11,14H,3-6,12-13H2,1-2H3,(H,22,25). The number of rotatable bonds is 6. The molecule has 0 spiro atoms. The third kappa shape index (κ3) is 4.86. The number of carbonyl (C=O) groups is 1. The molecule has 2 aromatic carbocycles. The molecule has 31 heavy (non-hydrogen) atoms. The predicted octanol–water partition coefficient (Wildman–Crippen LogP) is 3.73. The van der Waals surface area contributed by atoms with Crippen molar-refractivity contribution in [3.05, 3.63) is 57.6 Å². The van der Waals surface area contributed by atoms with Crippen LogP contribution in [0.4, 0.5) is 11.4 Å². The van der Waals surface area contributed by atoms with E-state index >= 15 is 0 Å². The van der Waals surface area contributed by atoms with Crippen molar-refractivity contribution in [2.75, 3.05) is 25.5 Å². The number of hydrogen-bond acceptors (Lipinski definition) is 6. The number of nitrogens with one attached hydrogen (secondary N) is 1. The topological polar surface area (TPSA) is 119 Å². The van der Waals surface area contributed by atoms with Crippen molar-refractivity contribution in [3.8, 4) is 5.75 Å². The number of nitro groups is 1. The van der Waals surface area contributed by atoms with E-state index in [-0.39, 0.29) is 33.1 Å². The van der Waals surface area contributed by atoms with Gasteiger partial charge in [0.2, 0.25) is 10.0 Å². The van der Waals surface area contributed by atoms with Gasteiger partial charge in [0, 0.05) is 30.3 Å². The van der Waals surface area contributed by atoms with Gasteiger partial charge >= 0.3 is 0 Å². The smallest absolute Gasteiger partial charge is 0.273 e. The highest BCUT2D eigenvalue weighted by Gasteiger charge is 2.27. The van der Waals surface area contributed by atoms with Crippen LogP contribution in [0.2, 0.25) is 0 Å². The van der Waals surface area contributed by atoms with E-state index in [1.54, 1.807) is 0 Å². The fraction of sp³-hybridized carbons (Fsp3) is 0.381. The zero-order chi connectivity index (χ0) is 22.6. The maximum Gasteiger partial charge on any atom is 0.273 e. The molecule has 1 amide bonds. The largest absolute Gasteiger partial charge is 0.495 e. The minimum absolute atomic E-state index is 0.0567. The number of ether oxygens (including phenoxy) is 1. The molecule has 0 aromatic heterocycles. The zero-order valence-corrected chi connectivity index (χ0v) is 18.3. The third-order valence-electron chi connectivity index (χ3n) is 5.37. The first-order valence-corrected chi connectivity index (χ1v) is 11.4. The van der Waals surface area contributed by atoms with Crippen LogP contribution in [0.1, 0.15) is 41.6 Å². The van der Waals surface area contributed by atoms with Crippen LogP contribution in [0.5, 0.6) is 5.75 Å². The van der Waals surface area contributed by atoms with Crippen molar-refractivity contribution in [2.45, 2.75) is 37.5 Å². The first-order valence-electron chi connectivity index (χ1n) is 9.99. The molecule has 0 saturated carbocycles.